The third kappa shape index (κ3) is 22.7. The van der Waals surface area contributed by atoms with Crippen LogP contribution in [0.5, 0.6) is 0 Å². The second kappa shape index (κ2) is 37.8. The Morgan fingerprint density at radius 1 is 0.755 bits per heavy atom. The zero-order chi connectivity index (χ0) is 72.1. The van der Waals surface area contributed by atoms with Crippen molar-refractivity contribution in [2.75, 3.05) is 46.7 Å². The number of nitrogens with one attached hydrogen (secondary N) is 2. The molecule has 6 rings (SSSR count). The van der Waals surface area contributed by atoms with Gasteiger partial charge in [-0.25, -0.2) is 23.1 Å². The Bertz CT molecular complexity index is 3220. The first-order valence-electron chi connectivity index (χ1n) is 35.1. The first-order chi connectivity index (χ1) is 46.5. The molecule has 0 spiro atoms. The lowest BCUT2D eigenvalue weighted by Gasteiger charge is -2.41. The summed E-state index contributed by atoms with van der Waals surface area (Å²) in [5, 5.41) is 10.9. The summed E-state index contributed by atoms with van der Waals surface area (Å²) in [4.78, 5) is 155. The number of carbonyl (C=O) groups is 11. The number of likely N-dealkylation sites (N-methyl/N-ethyl adjacent to an activating group) is 1. The Labute approximate surface area is 579 Å². The number of hydrogen-bond acceptors (Lipinski definition) is 16. The smallest absolute Gasteiger partial charge is 0.410 e. The SMILES string of the molecule is CC[C@H](C)[C@@H]([C@@H](CC(=O)N1CCC[C@H]1[C@H](OC)[C@@H](C)C(=O)C[C@@H](Cc1ccccc1)CS(N)(=O)=O)OC)N(C)C(=O)[C@@H](CC(=O)[C@@H]1[C@H]2CC[C@H](C2)N1C(=O)OCc1ccc(CC(=O)[C@H](CCCNC(N)=O)NC(=O)[C@@H](CC(=O)CCCCCN2C(=O)C=CC2=O)C(C)C)cc1)C(C)C. The summed E-state index contributed by atoms with van der Waals surface area (Å²) in [6.45, 7) is 13.9. The first kappa shape index (κ1) is 79.8. The van der Waals surface area contributed by atoms with Crippen LogP contribution in [0.15, 0.2) is 66.7 Å². The van der Waals surface area contributed by atoms with Crippen LogP contribution in [-0.2, 0) is 86.8 Å². The number of sulfonamides is 1. The van der Waals surface area contributed by atoms with E-state index < -0.39 is 88.1 Å². The average molecular weight is 1390 g/mol. The van der Waals surface area contributed by atoms with Crippen LogP contribution in [0.25, 0.3) is 0 Å². The molecule has 1 aliphatic carbocycles. The number of Topliss-reactive ketones (excluding diaryl/α,β-unsaturated/α-hetero) is 4. The molecule has 3 heterocycles. The molecule has 2 aromatic rings. The van der Waals surface area contributed by atoms with Gasteiger partial charge in [-0.15, -0.1) is 0 Å². The Hall–Kier alpha value is -7.22. The second-order valence-electron chi connectivity index (χ2n) is 28.3. The number of unbranched alkanes of at least 4 members (excludes halogenated alkanes) is 2. The number of amides is 8. The van der Waals surface area contributed by atoms with Crippen LogP contribution in [0.2, 0.25) is 0 Å². The van der Waals surface area contributed by atoms with E-state index in [1.807, 2.05) is 71.9 Å². The van der Waals surface area contributed by atoms with E-state index >= 15 is 4.79 Å². The van der Waals surface area contributed by atoms with Crippen LogP contribution in [0, 0.1) is 47.3 Å². The van der Waals surface area contributed by atoms with Crippen molar-refractivity contribution in [3.8, 4) is 0 Å². The molecule has 2 aromatic carbocycles. The van der Waals surface area contributed by atoms with Gasteiger partial charge in [0.05, 0.1) is 48.5 Å². The molecule has 98 heavy (non-hydrogen) atoms. The fourth-order valence-electron chi connectivity index (χ4n) is 15.0. The van der Waals surface area contributed by atoms with Gasteiger partial charge in [-0.05, 0) is 110 Å². The van der Waals surface area contributed by atoms with E-state index in [0.29, 0.717) is 81.9 Å². The van der Waals surface area contributed by atoms with E-state index in [2.05, 4.69) is 10.6 Å². The Balaban J connectivity index is 1.05. The number of ether oxygens (including phenoxy) is 3. The molecule has 2 saturated heterocycles. The number of nitrogens with two attached hydrogens (primary N) is 2. The number of piperidine rings is 1. The zero-order valence-corrected chi connectivity index (χ0v) is 60.0. The van der Waals surface area contributed by atoms with Crippen LogP contribution in [0.3, 0.4) is 0 Å². The summed E-state index contributed by atoms with van der Waals surface area (Å²) < 4.78 is 42.7. The molecule has 542 valence electrons. The predicted molar refractivity (Wildman–Crippen MR) is 368 cm³/mol. The highest BCUT2D eigenvalue weighted by Crippen LogP contribution is 2.44. The number of urea groups is 1. The van der Waals surface area contributed by atoms with Crippen LogP contribution in [0.4, 0.5) is 9.59 Å². The Morgan fingerprint density at radius 2 is 1.42 bits per heavy atom. The normalized spacial score (nSPS) is 20.4. The number of likely N-dealkylation sites (tertiary alicyclic amines) is 2. The van der Waals surface area contributed by atoms with Gasteiger partial charge in [0.2, 0.25) is 27.7 Å². The van der Waals surface area contributed by atoms with Crippen LogP contribution in [-0.4, -0.2) is 182 Å². The number of hydrogen-bond donors (Lipinski definition) is 4. The van der Waals surface area contributed by atoms with Gasteiger partial charge in [0.25, 0.3) is 11.8 Å². The topological polar surface area (TPSA) is 339 Å². The van der Waals surface area contributed by atoms with Gasteiger partial charge < -0.3 is 40.4 Å². The lowest BCUT2D eigenvalue weighted by molar-refractivity contribution is -0.149. The minimum Gasteiger partial charge on any atom is -0.445 e. The molecule has 3 aliphatic heterocycles. The van der Waals surface area contributed by atoms with Crippen LogP contribution < -0.4 is 21.5 Å². The van der Waals surface area contributed by atoms with Gasteiger partial charge in [0.1, 0.15) is 18.2 Å². The zero-order valence-electron chi connectivity index (χ0n) is 59.2. The summed E-state index contributed by atoms with van der Waals surface area (Å²) in [7, 11) is 0.808. The monoisotopic (exact) mass is 1380 g/mol. The fourth-order valence-corrected chi connectivity index (χ4v) is 15.8. The van der Waals surface area contributed by atoms with Crippen LogP contribution in [0.1, 0.15) is 168 Å². The molecule has 3 fully saturated rings. The minimum absolute atomic E-state index is 0.0352. The van der Waals surface area contributed by atoms with E-state index in [1.54, 1.807) is 52.9 Å². The third-order valence-electron chi connectivity index (χ3n) is 20.6. The molecular weight excluding hydrogens is 1280 g/mol. The number of fused-ring (bicyclic) bond motifs is 2. The molecule has 0 radical (unpaired) electrons. The number of primary amides is 1. The van der Waals surface area contributed by atoms with Gasteiger partial charge in [-0.2, -0.15) is 0 Å². The average Bonchev–Trinajstić information content (AvgIpc) is 1.60. The molecule has 2 bridgehead atoms. The highest BCUT2D eigenvalue weighted by atomic mass is 32.2. The van der Waals surface area contributed by atoms with E-state index in [4.69, 9.17) is 25.1 Å². The largest absolute Gasteiger partial charge is 0.445 e. The highest BCUT2D eigenvalue weighted by Gasteiger charge is 2.53. The lowest BCUT2D eigenvalue weighted by Crippen LogP contribution is -2.54. The van der Waals surface area contributed by atoms with Crippen molar-refractivity contribution < 1.29 is 75.4 Å². The predicted octanol–water partition coefficient (Wildman–Crippen LogP) is 7.20. The van der Waals surface area contributed by atoms with Gasteiger partial charge in [-0.1, -0.05) is 116 Å². The Kier molecular flexibility index (Phi) is 30.8. The van der Waals surface area contributed by atoms with Crippen molar-refractivity contribution in [1.82, 2.24) is 30.2 Å². The highest BCUT2D eigenvalue weighted by molar-refractivity contribution is 7.89. The van der Waals surface area contributed by atoms with Crippen LogP contribution >= 0.6 is 0 Å². The molecule has 8 amide bonds. The number of nitrogens with zero attached hydrogens (tertiary/aromatic N) is 4. The summed E-state index contributed by atoms with van der Waals surface area (Å²) >= 11 is 0. The quantitative estimate of drug-likeness (QED) is 0.0377. The number of benzene rings is 2. The standard InChI is InChI=1S/C73H108N8O16S/c1-11-47(6)67(63(95-9)42-66(88)79-35-19-24-59(79)69(96-10)48(7)60(83)38-52(44-98(75,93)94)36-49-20-14-12-15-21-49)78(8)71(90)57(46(4)5)41-62(85)68-53-29-30-54(39-53)81(68)73(92)97-43-51-27-25-50(26-28-51)37-61(84)58(23-18-33-76-72(74)91)77-70(89)56(45(2)3)40-55(82)22-16-13-17-34-80-64(86)31-32-65(80)87/h12,14-15,20-21,25-28,31-32,45-48,52-54,56-59,63,67-69H,11,13,16-19,22-24,29-30,33-44H2,1-10H3,(H,77,89)(H3,74,76,91)(H2,75,93,94)/t47-,48-,52+,53-,54+,56-,57-,58-,59-,63+,67-,68-,69+/m0/s1. The number of primary sulfonamides is 1. The van der Waals surface area contributed by atoms with E-state index in [9.17, 15) is 56.4 Å². The van der Waals surface area contributed by atoms with Crippen molar-refractivity contribution in [3.05, 3.63) is 83.4 Å². The van der Waals surface area contributed by atoms with Gasteiger partial charge in [0, 0.05) is 109 Å². The van der Waals surface area contributed by atoms with Gasteiger partial charge in [-0.3, -0.25) is 53.0 Å². The number of rotatable bonds is 42. The molecule has 1 saturated carbocycles. The third-order valence-corrected chi connectivity index (χ3v) is 21.5. The molecule has 0 unspecified atom stereocenters. The van der Waals surface area contributed by atoms with E-state index in [1.165, 1.54) is 26.4 Å². The number of carbonyl (C=O) groups excluding carboxylic acids is 11. The molecule has 13 atom stereocenters. The van der Waals surface area contributed by atoms with E-state index in [0.717, 1.165) is 16.9 Å². The van der Waals surface area contributed by atoms with Crippen molar-refractivity contribution in [3.63, 3.8) is 0 Å². The second-order valence-corrected chi connectivity index (χ2v) is 30.0. The van der Waals surface area contributed by atoms with Crippen molar-refractivity contribution in [2.45, 2.75) is 213 Å². The summed E-state index contributed by atoms with van der Waals surface area (Å²) in [5.41, 5.74) is 7.40. The molecule has 4 aliphatic rings. The summed E-state index contributed by atoms with van der Waals surface area (Å²) in [5.74, 6) is -6.47. The maximum atomic E-state index is 15.0. The van der Waals surface area contributed by atoms with E-state index in [-0.39, 0.29) is 147 Å². The summed E-state index contributed by atoms with van der Waals surface area (Å²) in [6.07, 6.45) is 6.62. The molecule has 6 N–H and O–H groups in total. The maximum Gasteiger partial charge on any atom is 0.410 e. The number of methoxy groups -OCH3 is 2. The molecule has 25 heteroatoms. The maximum absolute atomic E-state index is 15.0. The van der Waals surface area contributed by atoms with Crippen molar-refractivity contribution in [1.29, 1.82) is 0 Å². The summed E-state index contributed by atoms with van der Waals surface area (Å²) in [6, 6.07) is 12.5. The van der Waals surface area contributed by atoms with Gasteiger partial charge >= 0.3 is 12.1 Å². The number of imide groups is 1. The van der Waals surface area contributed by atoms with Crippen molar-refractivity contribution >= 4 is 74.8 Å². The fraction of sp³-hybridized carbons (Fsp3) is 0.658. The molecule has 0 aromatic heterocycles. The first-order valence-corrected chi connectivity index (χ1v) is 36.8. The van der Waals surface area contributed by atoms with Gasteiger partial charge in [0.15, 0.2) is 11.6 Å². The number of ketones is 4. The molecule has 24 nitrogen and oxygen atoms in total. The molecular formula is C73H108N8O16S. The minimum atomic E-state index is -3.90. The van der Waals surface area contributed by atoms with Crippen molar-refractivity contribution in [2.24, 2.45) is 58.2 Å². The lowest BCUT2D eigenvalue weighted by atomic mass is 9.83. The Morgan fingerprint density at radius 3 is 2.03 bits per heavy atom.